The van der Waals surface area contributed by atoms with E-state index in [1.165, 1.54) is 12.1 Å². The molecule has 2 aromatic rings. The first kappa shape index (κ1) is 20.5. The standard InChI is InChI=1S/C17H19Cl2FN2O4/c1-8(2)11-5-10(3-4-12(11)25)26-15-13(18)16(20)22-17(14(15)19)21-6-9(24)7-23/h3-5,8-9,23-25H,6-7H2,1-2H3,(H,21,22)/t9-/m0/s1. The molecule has 0 amide bonds. The van der Waals surface area contributed by atoms with Crippen molar-refractivity contribution in [3.8, 4) is 17.2 Å². The summed E-state index contributed by atoms with van der Waals surface area (Å²) in [6, 6.07) is 4.56. The van der Waals surface area contributed by atoms with Crippen molar-refractivity contribution in [2.45, 2.75) is 25.9 Å². The second-order valence-electron chi connectivity index (χ2n) is 5.90. The molecular formula is C17H19Cl2FN2O4. The Labute approximate surface area is 160 Å². The molecule has 0 spiro atoms. The number of benzene rings is 1. The third-order valence-corrected chi connectivity index (χ3v) is 4.23. The first-order valence-electron chi connectivity index (χ1n) is 7.82. The van der Waals surface area contributed by atoms with Crippen LogP contribution in [-0.4, -0.2) is 39.6 Å². The van der Waals surface area contributed by atoms with Gasteiger partial charge in [0.1, 0.15) is 21.5 Å². The predicted molar refractivity (Wildman–Crippen MR) is 98.1 cm³/mol. The molecule has 142 valence electrons. The SMILES string of the molecule is CC(C)c1cc(Oc2c(Cl)c(F)nc(NC[C@H](O)CO)c2Cl)ccc1O. The molecule has 9 heteroatoms. The van der Waals surface area contributed by atoms with Gasteiger partial charge in [-0.3, -0.25) is 0 Å². The highest BCUT2D eigenvalue weighted by Crippen LogP contribution is 2.42. The maximum atomic E-state index is 14.0. The van der Waals surface area contributed by atoms with Gasteiger partial charge in [-0.15, -0.1) is 0 Å². The number of nitrogens with zero attached hydrogens (tertiary/aromatic N) is 1. The fraction of sp³-hybridized carbons (Fsp3) is 0.353. The summed E-state index contributed by atoms with van der Waals surface area (Å²) < 4.78 is 19.7. The Morgan fingerprint density at radius 3 is 2.58 bits per heavy atom. The summed E-state index contributed by atoms with van der Waals surface area (Å²) in [6.07, 6.45) is -1.07. The molecule has 0 bridgehead atoms. The Morgan fingerprint density at radius 1 is 1.27 bits per heavy atom. The maximum Gasteiger partial charge on any atom is 0.237 e. The summed E-state index contributed by atoms with van der Waals surface area (Å²) in [5.74, 6) is -0.778. The van der Waals surface area contributed by atoms with Crippen LogP contribution in [0.4, 0.5) is 10.2 Å². The quantitative estimate of drug-likeness (QED) is 0.522. The van der Waals surface area contributed by atoms with E-state index in [2.05, 4.69) is 10.3 Å². The van der Waals surface area contributed by atoms with Gasteiger partial charge in [-0.25, -0.2) is 0 Å². The summed E-state index contributed by atoms with van der Waals surface area (Å²) in [6.45, 7) is 3.23. The highest BCUT2D eigenvalue weighted by atomic mass is 35.5. The summed E-state index contributed by atoms with van der Waals surface area (Å²) in [7, 11) is 0. The van der Waals surface area contributed by atoms with Crippen LogP contribution in [0.15, 0.2) is 18.2 Å². The van der Waals surface area contributed by atoms with Crippen molar-refractivity contribution in [2.75, 3.05) is 18.5 Å². The summed E-state index contributed by atoms with van der Waals surface area (Å²) in [5.41, 5.74) is 0.647. The van der Waals surface area contributed by atoms with Gasteiger partial charge in [0.05, 0.1) is 12.7 Å². The van der Waals surface area contributed by atoms with Crippen LogP contribution < -0.4 is 10.1 Å². The zero-order valence-electron chi connectivity index (χ0n) is 14.1. The highest BCUT2D eigenvalue weighted by Gasteiger charge is 2.21. The number of pyridine rings is 1. The number of nitrogens with one attached hydrogen (secondary N) is 1. The average Bonchev–Trinajstić information content (AvgIpc) is 2.61. The zero-order valence-corrected chi connectivity index (χ0v) is 15.6. The van der Waals surface area contributed by atoms with Crippen molar-refractivity contribution < 1.29 is 24.4 Å². The summed E-state index contributed by atoms with van der Waals surface area (Å²) >= 11 is 12.1. The molecule has 6 nitrogen and oxygen atoms in total. The number of halogens is 3. The second kappa shape index (κ2) is 8.73. The number of hydrogen-bond donors (Lipinski definition) is 4. The van der Waals surface area contributed by atoms with Crippen LogP contribution in [-0.2, 0) is 0 Å². The number of phenols is 1. The molecule has 4 N–H and O–H groups in total. The predicted octanol–water partition coefficient (Wildman–Crippen LogP) is 3.91. The molecule has 2 rings (SSSR count). The van der Waals surface area contributed by atoms with E-state index in [1.54, 1.807) is 6.07 Å². The number of hydrogen-bond acceptors (Lipinski definition) is 6. The number of phenolic OH excluding ortho intramolecular Hbond substituents is 1. The topological polar surface area (TPSA) is 94.8 Å². The molecule has 1 atom stereocenters. The number of aliphatic hydroxyl groups is 2. The van der Waals surface area contributed by atoms with E-state index < -0.39 is 23.7 Å². The molecular weight excluding hydrogens is 386 g/mol. The lowest BCUT2D eigenvalue weighted by Crippen LogP contribution is -2.23. The third kappa shape index (κ3) is 4.67. The first-order valence-corrected chi connectivity index (χ1v) is 8.58. The van der Waals surface area contributed by atoms with Gasteiger partial charge in [0.2, 0.25) is 5.95 Å². The average molecular weight is 405 g/mol. The van der Waals surface area contributed by atoms with Gasteiger partial charge in [0.15, 0.2) is 11.6 Å². The minimum atomic E-state index is -1.07. The molecule has 0 aliphatic carbocycles. The van der Waals surface area contributed by atoms with E-state index in [0.717, 1.165) is 0 Å². The molecule has 0 fully saturated rings. The van der Waals surface area contributed by atoms with Crippen molar-refractivity contribution in [2.24, 2.45) is 0 Å². The molecule has 1 heterocycles. The highest BCUT2D eigenvalue weighted by molar-refractivity contribution is 6.38. The number of anilines is 1. The van der Waals surface area contributed by atoms with E-state index in [4.69, 9.17) is 33.0 Å². The lowest BCUT2D eigenvalue weighted by molar-refractivity contribution is 0.105. The molecule has 0 aliphatic rings. The van der Waals surface area contributed by atoms with Gasteiger partial charge < -0.3 is 25.4 Å². The third-order valence-electron chi connectivity index (χ3n) is 3.55. The Morgan fingerprint density at radius 2 is 1.96 bits per heavy atom. The Kier molecular flexibility index (Phi) is 6.88. The number of aromatic nitrogens is 1. The van der Waals surface area contributed by atoms with Crippen LogP contribution >= 0.6 is 23.2 Å². The molecule has 0 radical (unpaired) electrons. The zero-order chi connectivity index (χ0) is 19.4. The molecule has 0 unspecified atom stereocenters. The first-order chi connectivity index (χ1) is 12.2. The second-order valence-corrected chi connectivity index (χ2v) is 6.66. The minimum absolute atomic E-state index is 0.0378. The maximum absolute atomic E-state index is 14.0. The number of ether oxygens (including phenoxy) is 1. The summed E-state index contributed by atoms with van der Waals surface area (Å²) in [4.78, 5) is 3.59. The van der Waals surface area contributed by atoms with Gasteiger partial charge in [0.25, 0.3) is 0 Å². The number of aliphatic hydroxyl groups excluding tert-OH is 2. The Bertz CT molecular complexity index is 790. The van der Waals surface area contributed by atoms with Gasteiger partial charge in [0, 0.05) is 12.1 Å². The van der Waals surface area contributed by atoms with Crippen LogP contribution in [0.25, 0.3) is 0 Å². The fourth-order valence-electron chi connectivity index (χ4n) is 2.16. The van der Waals surface area contributed by atoms with Crippen molar-refractivity contribution in [3.05, 3.63) is 39.8 Å². The van der Waals surface area contributed by atoms with Crippen LogP contribution in [0.2, 0.25) is 10.0 Å². The molecule has 1 aromatic heterocycles. The van der Waals surface area contributed by atoms with Gasteiger partial charge in [-0.2, -0.15) is 9.37 Å². The van der Waals surface area contributed by atoms with Crippen molar-refractivity contribution >= 4 is 29.0 Å². The molecule has 0 saturated heterocycles. The molecule has 26 heavy (non-hydrogen) atoms. The largest absolute Gasteiger partial charge is 0.508 e. The van der Waals surface area contributed by atoms with Crippen molar-refractivity contribution in [1.82, 2.24) is 4.98 Å². The normalized spacial score (nSPS) is 12.3. The molecule has 0 saturated carbocycles. The minimum Gasteiger partial charge on any atom is -0.508 e. The number of rotatable bonds is 7. The summed E-state index contributed by atoms with van der Waals surface area (Å²) in [5, 5.41) is 30.3. The van der Waals surface area contributed by atoms with Crippen LogP contribution in [0.1, 0.15) is 25.3 Å². The van der Waals surface area contributed by atoms with E-state index in [9.17, 15) is 14.6 Å². The Balaban J connectivity index is 2.37. The molecule has 0 aliphatic heterocycles. The van der Waals surface area contributed by atoms with Crippen LogP contribution in [0.5, 0.6) is 17.2 Å². The van der Waals surface area contributed by atoms with Crippen LogP contribution in [0.3, 0.4) is 0 Å². The smallest absolute Gasteiger partial charge is 0.237 e. The lowest BCUT2D eigenvalue weighted by Gasteiger charge is -2.16. The van der Waals surface area contributed by atoms with Gasteiger partial charge in [-0.05, 0) is 24.1 Å². The van der Waals surface area contributed by atoms with Crippen molar-refractivity contribution in [1.29, 1.82) is 0 Å². The van der Waals surface area contributed by atoms with E-state index in [0.29, 0.717) is 11.3 Å². The van der Waals surface area contributed by atoms with E-state index in [1.807, 2.05) is 13.8 Å². The van der Waals surface area contributed by atoms with E-state index >= 15 is 0 Å². The van der Waals surface area contributed by atoms with Gasteiger partial charge in [-0.1, -0.05) is 37.0 Å². The van der Waals surface area contributed by atoms with Crippen molar-refractivity contribution in [3.63, 3.8) is 0 Å². The molecule has 1 aromatic carbocycles. The monoisotopic (exact) mass is 404 g/mol. The lowest BCUT2D eigenvalue weighted by atomic mass is 10.0. The van der Waals surface area contributed by atoms with E-state index in [-0.39, 0.29) is 34.8 Å². The fourth-order valence-corrected chi connectivity index (χ4v) is 2.62. The van der Waals surface area contributed by atoms with Gasteiger partial charge >= 0.3 is 0 Å². The number of aromatic hydroxyl groups is 1. The van der Waals surface area contributed by atoms with Crippen LogP contribution in [0, 0.1) is 5.95 Å². The Hall–Kier alpha value is -1.80.